The Morgan fingerprint density at radius 3 is 2.55 bits per heavy atom. The number of carbonyl (C=O) groups is 2. The summed E-state index contributed by atoms with van der Waals surface area (Å²) in [7, 11) is -2.52. The molecular formula is C22H29N3O7S. The van der Waals surface area contributed by atoms with Gasteiger partial charge >= 0.3 is 5.97 Å². The summed E-state index contributed by atoms with van der Waals surface area (Å²) < 4.78 is 37.5. The fourth-order valence-corrected chi connectivity index (χ4v) is 5.16. The molecule has 10 nitrogen and oxygen atoms in total. The number of hydrogen-bond donors (Lipinski definition) is 1. The van der Waals surface area contributed by atoms with Crippen molar-refractivity contribution < 1.29 is 27.5 Å². The van der Waals surface area contributed by atoms with E-state index in [-0.39, 0.29) is 42.4 Å². The van der Waals surface area contributed by atoms with Crippen LogP contribution in [-0.2, 0) is 24.3 Å². The maximum absolute atomic E-state index is 13.5. The number of amides is 1. The molecular weight excluding hydrogens is 450 g/mol. The summed E-state index contributed by atoms with van der Waals surface area (Å²) in [5.41, 5.74) is -0.0466. The maximum atomic E-state index is 13.5. The first-order chi connectivity index (χ1) is 15.6. The van der Waals surface area contributed by atoms with Crippen LogP contribution in [0.15, 0.2) is 34.0 Å². The van der Waals surface area contributed by atoms with E-state index in [1.807, 2.05) is 13.8 Å². The molecule has 0 unspecified atom stereocenters. The van der Waals surface area contributed by atoms with Crippen molar-refractivity contribution >= 4 is 32.8 Å². The predicted octanol–water partition coefficient (Wildman–Crippen LogP) is 1.21. The molecule has 2 heterocycles. The second kappa shape index (κ2) is 10.4. The van der Waals surface area contributed by atoms with E-state index in [2.05, 4.69) is 9.72 Å². The average Bonchev–Trinajstić information content (AvgIpc) is 2.80. The number of pyridine rings is 1. The molecule has 180 valence electrons. The molecule has 1 aromatic heterocycles. The molecule has 2 aromatic rings. The minimum absolute atomic E-state index is 0.00669. The number of aromatic amines is 1. The fraction of sp³-hybridized carbons (Fsp3) is 0.500. The molecule has 0 atom stereocenters. The van der Waals surface area contributed by atoms with Gasteiger partial charge in [0.05, 0.1) is 37.2 Å². The number of methoxy groups -OCH3 is 1. The summed E-state index contributed by atoms with van der Waals surface area (Å²) in [5, 5.41) is 0.320. The molecule has 0 saturated carbocycles. The standard InChI is InChI=1S/C22H29N3O7S/c1-15(2)14-24(7-6-21(27)31-3)22(28)18-13-20(26)23-19-5-4-16(12-17(18)19)33(29,30)25-8-10-32-11-9-25/h4-5,12-13,15H,6-11,14H2,1-3H3,(H,23,26). The molecule has 0 spiro atoms. The Balaban J connectivity index is 2.04. The van der Waals surface area contributed by atoms with E-state index in [0.29, 0.717) is 30.7 Å². The largest absolute Gasteiger partial charge is 0.469 e. The lowest BCUT2D eigenvalue weighted by molar-refractivity contribution is -0.140. The number of hydrogen-bond acceptors (Lipinski definition) is 7. The van der Waals surface area contributed by atoms with Gasteiger partial charge in [0.15, 0.2) is 0 Å². The highest BCUT2D eigenvalue weighted by Gasteiger charge is 2.28. The normalized spacial score (nSPS) is 15.0. The highest BCUT2D eigenvalue weighted by atomic mass is 32.2. The minimum Gasteiger partial charge on any atom is -0.469 e. The Bertz CT molecular complexity index is 1180. The zero-order chi connectivity index (χ0) is 24.2. The molecule has 1 saturated heterocycles. The van der Waals surface area contributed by atoms with Gasteiger partial charge < -0.3 is 19.4 Å². The van der Waals surface area contributed by atoms with Gasteiger partial charge in [0.1, 0.15) is 0 Å². The summed E-state index contributed by atoms with van der Waals surface area (Å²) in [6, 6.07) is 5.49. The number of benzene rings is 1. The van der Waals surface area contributed by atoms with Gasteiger partial charge in [-0.15, -0.1) is 0 Å². The van der Waals surface area contributed by atoms with Crippen LogP contribution < -0.4 is 5.56 Å². The van der Waals surface area contributed by atoms with Crippen LogP contribution in [0.3, 0.4) is 0 Å². The van der Waals surface area contributed by atoms with Crippen LogP contribution in [0.25, 0.3) is 10.9 Å². The first kappa shape index (κ1) is 24.9. The molecule has 11 heteroatoms. The minimum atomic E-state index is -3.79. The van der Waals surface area contributed by atoms with Gasteiger partial charge in [-0.2, -0.15) is 4.31 Å². The van der Waals surface area contributed by atoms with Gasteiger partial charge in [-0.25, -0.2) is 8.42 Å². The van der Waals surface area contributed by atoms with Crippen molar-refractivity contribution in [2.24, 2.45) is 5.92 Å². The molecule has 0 aliphatic carbocycles. The number of nitrogens with one attached hydrogen (secondary N) is 1. The monoisotopic (exact) mass is 479 g/mol. The van der Waals surface area contributed by atoms with Crippen molar-refractivity contribution in [2.75, 3.05) is 46.5 Å². The number of sulfonamides is 1. The number of nitrogens with zero attached hydrogens (tertiary/aromatic N) is 2. The summed E-state index contributed by atoms with van der Waals surface area (Å²) >= 11 is 0. The first-order valence-electron chi connectivity index (χ1n) is 10.7. The molecule has 1 aromatic carbocycles. The smallest absolute Gasteiger partial charge is 0.307 e. The number of aromatic nitrogens is 1. The molecule has 33 heavy (non-hydrogen) atoms. The topological polar surface area (TPSA) is 126 Å². The zero-order valence-electron chi connectivity index (χ0n) is 19.0. The number of morpholine rings is 1. The number of ether oxygens (including phenoxy) is 2. The zero-order valence-corrected chi connectivity index (χ0v) is 19.8. The van der Waals surface area contributed by atoms with Crippen molar-refractivity contribution in [1.29, 1.82) is 0 Å². The third kappa shape index (κ3) is 5.79. The molecule has 1 aliphatic rings. The lowest BCUT2D eigenvalue weighted by Crippen LogP contribution is -2.40. The summed E-state index contributed by atoms with van der Waals surface area (Å²) in [5.74, 6) is -0.798. The lowest BCUT2D eigenvalue weighted by Gasteiger charge is -2.26. The molecule has 3 rings (SSSR count). The van der Waals surface area contributed by atoms with Gasteiger partial charge in [-0.3, -0.25) is 14.4 Å². The van der Waals surface area contributed by atoms with Crippen molar-refractivity contribution in [3.63, 3.8) is 0 Å². The first-order valence-corrected chi connectivity index (χ1v) is 12.2. The van der Waals surface area contributed by atoms with E-state index in [1.54, 1.807) is 0 Å². The van der Waals surface area contributed by atoms with Crippen LogP contribution in [0.5, 0.6) is 0 Å². The van der Waals surface area contributed by atoms with E-state index in [1.165, 1.54) is 40.6 Å². The van der Waals surface area contributed by atoms with Crippen molar-refractivity contribution in [3.05, 3.63) is 40.2 Å². The Morgan fingerprint density at radius 2 is 1.91 bits per heavy atom. The fourth-order valence-electron chi connectivity index (χ4n) is 3.72. The Hall–Kier alpha value is -2.76. The summed E-state index contributed by atoms with van der Waals surface area (Å²) in [6.45, 7) is 5.45. The highest BCUT2D eigenvalue weighted by Crippen LogP contribution is 2.24. The van der Waals surface area contributed by atoms with Gasteiger partial charge in [-0.1, -0.05) is 13.8 Å². The van der Waals surface area contributed by atoms with E-state index >= 15 is 0 Å². The Morgan fingerprint density at radius 1 is 1.21 bits per heavy atom. The van der Waals surface area contributed by atoms with Gasteiger partial charge in [-0.05, 0) is 24.1 Å². The Labute approximate surface area is 192 Å². The third-order valence-corrected chi connectivity index (χ3v) is 7.23. The average molecular weight is 480 g/mol. The van der Waals surface area contributed by atoms with E-state index in [0.717, 1.165) is 0 Å². The van der Waals surface area contributed by atoms with E-state index in [9.17, 15) is 22.8 Å². The Kier molecular flexibility index (Phi) is 7.88. The van der Waals surface area contributed by atoms with Crippen molar-refractivity contribution in [3.8, 4) is 0 Å². The van der Waals surface area contributed by atoms with Crippen LogP contribution in [0, 0.1) is 5.92 Å². The van der Waals surface area contributed by atoms with Gasteiger partial charge in [0.25, 0.3) is 5.91 Å². The van der Waals surface area contributed by atoms with E-state index < -0.39 is 27.5 Å². The number of esters is 1. The van der Waals surface area contributed by atoms with Crippen LogP contribution in [-0.4, -0.2) is 81.0 Å². The number of carbonyl (C=O) groups excluding carboxylic acids is 2. The maximum Gasteiger partial charge on any atom is 0.307 e. The van der Waals surface area contributed by atoms with Crippen LogP contribution in [0.1, 0.15) is 30.6 Å². The number of fused-ring (bicyclic) bond motifs is 1. The van der Waals surface area contributed by atoms with Gasteiger partial charge in [0.2, 0.25) is 15.6 Å². The quantitative estimate of drug-likeness (QED) is 0.564. The summed E-state index contributed by atoms with van der Waals surface area (Å²) in [6.07, 6.45) is 0.00669. The van der Waals surface area contributed by atoms with Crippen LogP contribution >= 0.6 is 0 Å². The molecule has 1 N–H and O–H groups in total. The van der Waals surface area contributed by atoms with Crippen molar-refractivity contribution in [1.82, 2.24) is 14.2 Å². The predicted molar refractivity (Wildman–Crippen MR) is 122 cm³/mol. The van der Waals surface area contributed by atoms with Crippen LogP contribution in [0.2, 0.25) is 0 Å². The van der Waals surface area contributed by atoms with Crippen LogP contribution in [0.4, 0.5) is 0 Å². The SMILES string of the molecule is COC(=O)CCN(CC(C)C)C(=O)c1cc(=O)[nH]c2ccc(S(=O)(=O)N3CCOCC3)cc12. The molecule has 0 radical (unpaired) electrons. The molecule has 0 bridgehead atoms. The molecule has 1 aliphatic heterocycles. The second-order valence-corrected chi connectivity index (χ2v) is 10.2. The van der Waals surface area contributed by atoms with Gasteiger partial charge in [0, 0.05) is 43.1 Å². The van der Waals surface area contributed by atoms with E-state index in [4.69, 9.17) is 4.74 Å². The second-order valence-electron chi connectivity index (χ2n) is 8.24. The summed E-state index contributed by atoms with van der Waals surface area (Å²) in [4.78, 5) is 41.5. The number of H-pyrrole nitrogens is 1. The third-order valence-electron chi connectivity index (χ3n) is 5.34. The molecule has 1 amide bonds. The number of rotatable bonds is 8. The highest BCUT2D eigenvalue weighted by molar-refractivity contribution is 7.89. The molecule has 1 fully saturated rings. The lowest BCUT2D eigenvalue weighted by atomic mass is 10.1. The van der Waals surface area contributed by atoms with Crippen molar-refractivity contribution in [2.45, 2.75) is 25.2 Å².